The summed E-state index contributed by atoms with van der Waals surface area (Å²) in [6.45, 7) is 1.38. The van der Waals surface area contributed by atoms with Crippen LogP contribution in [0, 0.1) is 5.82 Å². The van der Waals surface area contributed by atoms with Crippen LogP contribution in [0.15, 0.2) is 47.4 Å². The summed E-state index contributed by atoms with van der Waals surface area (Å²) < 4.78 is 85.3. The number of alkyl halides is 3. The van der Waals surface area contributed by atoms with Crippen molar-refractivity contribution in [2.45, 2.75) is 30.6 Å². The Hall–Kier alpha value is -2.86. The van der Waals surface area contributed by atoms with Crippen molar-refractivity contribution in [1.82, 2.24) is 10.0 Å². The summed E-state index contributed by atoms with van der Waals surface area (Å²) in [5.74, 6) is -1.56. The van der Waals surface area contributed by atoms with Crippen LogP contribution < -0.4 is 19.5 Å². The molecule has 1 atom stereocenters. The molecule has 0 aliphatic heterocycles. The molecule has 0 spiro atoms. The van der Waals surface area contributed by atoms with Gasteiger partial charge < -0.3 is 14.8 Å². The predicted molar refractivity (Wildman–Crippen MR) is 102 cm³/mol. The molecule has 0 saturated carbocycles. The topological polar surface area (TPSA) is 93.7 Å². The third kappa shape index (κ3) is 7.40. The molecule has 1 amide bonds. The van der Waals surface area contributed by atoms with Crippen molar-refractivity contribution in [3.63, 3.8) is 0 Å². The van der Waals surface area contributed by atoms with E-state index in [1.807, 2.05) is 0 Å². The molecule has 0 aliphatic rings. The second-order valence-electron chi connectivity index (χ2n) is 6.35. The van der Waals surface area contributed by atoms with Gasteiger partial charge >= 0.3 is 6.36 Å². The lowest BCUT2D eigenvalue weighted by atomic mass is 10.1. The van der Waals surface area contributed by atoms with Crippen LogP contribution in [0.25, 0.3) is 0 Å². The molecule has 2 aromatic carbocycles. The van der Waals surface area contributed by atoms with Gasteiger partial charge in [0.05, 0.1) is 18.0 Å². The summed E-state index contributed by atoms with van der Waals surface area (Å²) >= 11 is 0. The lowest BCUT2D eigenvalue weighted by molar-refractivity contribution is -0.274. The number of ether oxygens (including phenoxy) is 2. The number of carbonyl (C=O) groups excluding carboxylic acids is 1. The molecule has 2 N–H and O–H groups in total. The number of methoxy groups -OCH3 is 1. The van der Waals surface area contributed by atoms with Crippen LogP contribution in [-0.4, -0.2) is 34.3 Å². The van der Waals surface area contributed by atoms with Gasteiger partial charge in [-0.2, -0.15) is 0 Å². The normalized spacial score (nSPS) is 12.8. The van der Waals surface area contributed by atoms with Crippen LogP contribution in [0.3, 0.4) is 0 Å². The van der Waals surface area contributed by atoms with E-state index in [1.165, 1.54) is 19.2 Å². The number of hydrogen-bond acceptors (Lipinski definition) is 5. The molecule has 0 heterocycles. The summed E-state index contributed by atoms with van der Waals surface area (Å²) in [7, 11) is -2.71. The number of rotatable bonds is 9. The van der Waals surface area contributed by atoms with Crippen molar-refractivity contribution in [3.8, 4) is 11.5 Å². The van der Waals surface area contributed by atoms with Crippen molar-refractivity contribution in [1.29, 1.82) is 0 Å². The number of benzene rings is 2. The lowest BCUT2D eigenvalue weighted by Gasteiger charge is -2.15. The molecule has 0 saturated heterocycles. The molecule has 170 valence electrons. The average molecular weight is 464 g/mol. The minimum Gasteiger partial charge on any atom is -0.494 e. The van der Waals surface area contributed by atoms with Gasteiger partial charge in [-0.3, -0.25) is 4.79 Å². The Labute approximate surface area is 176 Å². The molecule has 2 aromatic rings. The van der Waals surface area contributed by atoms with Crippen LogP contribution in [0.5, 0.6) is 11.5 Å². The zero-order chi connectivity index (χ0) is 23.2. The Balaban J connectivity index is 1.87. The first-order valence-electron chi connectivity index (χ1n) is 8.89. The molecule has 1 unspecified atom stereocenters. The Morgan fingerprint density at radius 3 is 2.32 bits per heavy atom. The van der Waals surface area contributed by atoms with E-state index in [0.29, 0.717) is 5.56 Å². The number of carbonyl (C=O) groups is 1. The zero-order valence-corrected chi connectivity index (χ0v) is 17.3. The van der Waals surface area contributed by atoms with Gasteiger partial charge in [0, 0.05) is 13.0 Å². The number of halogens is 4. The molecule has 7 nitrogen and oxygen atoms in total. The summed E-state index contributed by atoms with van der Waals surface area (Å²) in [5, 5.41) is 2.61. The fraction of sp³-hybridized carbons (Fsp3) is 0.316. The first-order chi connectivity index (χ1) is 14.4. The molecular formula is C19H20F4N2O5S. The van der Waals surface area contributed by atoms with Gasteiger partial charge in [0.2, 0.25) is 15.9 Å². The monoisotopic (exact) mass is 464 g/mol. The minimum atomic E-state index is -4.89. The van der Waals surface area contributed by atoms with E-state index in [9.17, 15) is 30.8 Å². The van der Waals surface area contributed by atoms with Crippen LogP contribution in [0.4, 0.5) is 17.6 Å². The highest BCUT2D eigenvalue weighted by molar-refractivity contribution is 7.89. The largest absolute Gasteiger partial charge is 0.573 e. The Kier molecular flexibility index (Phi) is 7.85. The number of hydrogen-bond donors (Lipinski definition) is 2. The number of sulfonamides is 1. The van der Waals surface area contributed by atoms with Crippen molar-refractivity contribution >= 4 is 15.9 Å². The van der Waals surface area contributed by atoms with Crippen LogP contribution in [-0.2, 0) is 14.8 Å². The molecule has 0 aromatic heterocycles. The van der Waals surface area contributed by atoms with Crippen LogP contribution in [0.2, 0.25) is 0 Å². The summed E-state index contributed by atoms with van der Waals surface area (Å²) in [6, 6.07) is 7.32. The van der Waals surface area contributed by atoms with Crippen molar-refractivity contribution in [2.75, 3.05) is 13.7 Å². The van der Waals surface area contributed by atoms with E-state index in [1.54, 1.807) is 13.0 Å². The van der Waals surface area contributed by atoms with E-state index >= 15 is 0 Å². The average Bonchev–Trinajstić information content (AvgIpc) is 2.66. The number of amides is 1. The molecule has 31 heavy (non-hydrogen) atoms. The maximum atomic E-state index is 13.8. The molecule has 12 heteroatoms. The molecule has 2 rings (SSSR count). The van der Waals surface area contributed by atoms with E-state index in [0.717, 1.165) is 24.3 Å². The maximum Gasteiger partial charge on any atom is 0.573 e. The van der Waals surface area contributed by atoms with Crippen molar-refractivity contribution < 1.29 is 40.2 Å². The molecular weight excluding hydrogens is 444 g/mol. The quantitative estimate of drug-likeness (QED) is 0.556. The van der Waals surface area contributed by atoms with Gasteiger partial charge in [0.15, 0.2) is 11.6 Å². The van der Waals surface area contributed by atoms with Gasteiger partial charge in [-0.25, -0.2) is 17.5 Å². The second-order valence-corrected chi connectivity index (χ2v) is 8.12. The van der Waals surface area contributed by atoms with Crippen molar-refractivity contribution in [2.24, 2.45) is 0 Å². The zero-order valence-electron chi connectivity index (χ0n) is 16.5. The smallest absolute Gasteiger partial charge is 0.494 e. The highest BCUT2D eigenvalue weighted by Crippen LogP contribution is 2.24. The van der Waals surface area contributed by atoms with Gasteiger partial charge in [-0.15, -0.1) is 13.2 Å². The highest BCUT2D eigenvalue weighted by atomic mass is 32.2. The first-order valence-corrected chi connectivity index (χ1v) is 10.4. The Morgan fingerprint density at radius 2 is 1.77 bits per heavy atom. The third-order valence-corrected chi connectivity index (χ3v) is 5.54. The second kappa shape index (κ2) is 9.96. The highest BCUT2D eigenvalue weighted by Gasteiger charge is 2.31. The van der Waals surface area contributed by atoms with Crippen LogP contribution in [0.1, 0.15) is 24.9 Å². The standard InChI is InChI=1S/C19H20F4N2O5S/c1-12(13-3-8-17(29-2)16(20)11-13)25-18(26)9-10-24-31(27,28)15-6-4-14(5-7-15)30-19(21,22)23/h3-8,11-12,24H,9-10H2,1-2H3,(H,25,26). The first kappa shape index (κ1) is 24.4. The Morgan fingerprint density at radius 1 is 1.13 bits per heavy atom. The Bertz CT molecular complexity index is 1010. The van der Waals surface area contributed by atoms with E-state index in [-0.39, 0.29) is 23.6 Å². The molecule has 0 aliphatic carbocycles. The maximum absolute atomic E-state index is 13.8. The summed E-state index contributed by atoms with van der Waals surface area (Å²) in [4.78, 5) is 11.8. The molecule has 0 bridgehead atoms. The van der Waals surface area contributed by atoms with E-state index in [4.69, 9.17) is 4.74 Å². The molecule has 0 fully saturated rings. The van der Waals surface area contributed by atoms with Gasteiger partial charge in [0.25, 0.3) is 0 Å². The molecule has 0 radical (unpaired) electrons. The van der Waals surface area contributed by atoms with E-state index in [2.05, 4.69) is 14.8 Å². The van der Waals surface area contributed by atoms with Crippen molar-refractivity contribution in [3.05, 3.63) is 53.8 Å². The summed E-state index contributed by atoms with van der Waals surface area (Å²) in [6.07, 6.45) is -5.10. The SMILES string of the molecule is COc1ccc(C(C)NC(=O)CCNS(=O)(=O)c2ccc(OC(F)(F)F)cc2)cc1F. The van der Waals surface area contributed by atoms with Gasteiger partial charge in [-0.05, 0) is 48.9 Å². The fourth-order valence-corrected chi connectivity index (χ4v) is 3.58. The van der Waals surface area contributed by atoms with E-state index < -0.39 is 39.9 Å². The van der Waals surface area contributed by atoms with Crippen LogP contribution >= 0.6 is 0 Å². The van der Waals surface area contributed by atoms with Gasteiger partial charge in [-0.1, -0.05) is 6.07 Å². The van der Waals surface area contributed by atoms with Gasteiger partial charge in [0.1, 0.15) is 5.75 Å². The minimum absolute atomic E-state index is 0.0645. The predicted octanol–water partition coefficient (Wildman–Crippen LogP) is 3.28. The number of nitrogens with one attached hydrogen (secondary N) is 2. The summed E-state index contributed by atoms with van der Waals surface area (Å²) in [5.41, 5.74) is 0.494. The third-order valence-electron chi connectivity index (χ3n) is 4.07. The fourth-order valence-electron chi connectivity index (χ4n) is 2.55. The lowest BCUT2D eigenvalue weighted by Crippen LogP contribution is -2.32.